The lowest BCUT2D eigenvalue weighted by Crippen LogP contribution is -2.09. The molecule has 0 saturated carbocycles. The molecule has 1 atom stereocenters. The fraction of sp³-hybridized carbons (Fsp3) is 1.00. The minimum atomic E-state index is -0.305. The number of hydrogen-bond acceptors (Lipinski definition) is 3. The molecule has 0 amide bonds. The summed E-state index contributed by atoms with van der Waals surface area (Å²) in [5, 5.41) is 18.1. The Hall–Kier alpha value is 0.270. The van der Waals surface area contributed by atoms with Gasteiger partial charge in [0.25, 0.3) is 0 Å². The van der Waals surface area contributed by atoms with Gasteiger partial charge in [-0.1, -0.05) is 64.7 Å². The second kappa shape index (κ2) is 17.3. The number of aliphatic hydroxyl groups excluding tert-OH is 2. The van der Waals surface area contributed by atoms with E-state index in [1.807, 2.05) is 11.8 Å². The summed E-state index contributed by atoms with van der Waals surface area (Å²) in [6.07, 6.45) is 15.0. The fourth-order valence-electron chi connectivity index (χ4n) is 2.31. The molecule has 0 aliphatic carbocycles. The summed E-state index contributed by atoms with van der Waals surface area (Å²) in [7, 11) is 0. The highest BCUT2D eigenvalue weighted by Crippen LogP contribution is 2.13. The molecule has 0 spiro atoms. The molecule has 1 unspecified atom stereocenters. The fourth-order valence-corrected chi connectivity index (χ4v) is 3.36. The van der Waals surface area contributed by atoms with Gasteiger partial charge in [0.2, 0.25) is 0 Å². The largest absolute Gasteiger partial charge is 0.396 e. The van der Waals surface area contributed by atoms with Crippen LogP contribution in [0.1, 0.15) is 84.0 Å². The van der Waals surface area contributed by atoms with Gasteiger partial charge in [-0.3, -0.25) is 0 Å². The van der Waals surface area contributed by atoms with Crippen molar-refractivity contribution in [3.05, 3.63) is 0 Å². The van der Waals surface area contributed by atoms with Crippen LogP contribution in [-0.4, -0.2) is 34.4 Å². The van der Waals surface area contributed by atoms with Crippen molar-refractivity contribution in [1.82, 2.24) is 0 Å². The Kier molecular flexibility index (Phi) is 17.6. The number of unbranched alkanes of at least 4 members (excludes halogenated alkanes) is 9. The zero-order chi connectivity index (χ0) is 14.9. The molecule has 0 heterocycles. The van der Waals surface area contributed by atoms with E-state index < -0.39 is 0 Å². The first-order valence-electron chi connectivity index (χ1n) is 8.68. The predicted molar refractivity (Wildman–Crippen MR) is 91.5 cm³/mol. The van der Waals surface area contributed by atoms with Gasteiger partial charge in [0.15, 0.2) is 0 Å². The van der Waals surface area contributed by atoms with Gasteiger partial charge >= 0.3 is 0 Å². The lowest BCUT2D eigenvalue weighted by atomic mass is 10.1. The second-order valence-corrected chi connectivity index (χ2v) is 6.97. The van der Waals surface area contributed by atoms with E-state index in [2.05, 4.69) is 6.92 Å². The molecule has 0 saturated heterocycles. The van der Waals surface area contributed by atoms with Crippen molar-refractivity contribution in [1.29, 1.82) is 0 Å². The molecule has 0 aromatic rings. The van der Waals surface area contributed by atoms with E-state index in [0.717, 1.165) is 12.2 Å². The molecule has 0 radical (unpaired) electrons. The maximum atomic E-state index is 9.45. The molecule has 0 aromatic heterocycles. The number of hydrogen-bond donors (Lipinski definition) is 2. The van der Waals surface area contributed by atoms with Crippen LogP contribution in [0.4, 0.5) is 0 Å². The van der Waals surface area contributed by atoms with Crippen LogP contribution in [0.25, 0.3) is 0 Å². The molecule has 0 aromatic carbocycles. The number of thioether (sulfide) groups is 1. The Labute approximate surface area is 130 Å². The lowest BCUT2D eigenvalue weighted by Gasteiger charge is -2.08. The Balaban J connectivity index is 2.99. The molecule has 0 aliphatic heterocycles. The van der Waals surface area contributed by atoms with Gasteiger partial charge < -0.3 is 10.2 Å². The third-order valence-corrected chi connectivity index (χ3v) is 4.80. The SMILES string of the molecule is CCCCCCCCCCCCSCCC(O)CCO. The molecular weight excluding hydrogens is 268 g/mol. The molecule has 0 bridgehead atoms. The summed E-state index contributed by atoms with van der Waals surface area (Å²) >= 11 is 1.94. The van der Waals surface area contributed by atoms with E-state index in [-0.39, 0.29) is 12.7 Å². The van der Waals surface area contributed by atoms with E-state index in [1.165, 1.54) is 70.0 Å². The third-order valence-electron chi connectivity index (χ3n) is 3.70. The van der Waals surface area contributed by atoms with E-state index in [4.69, 9.17) is 5.11 Å². The Morgan fingerprint density at radius 1 is 0.750 bits per heavy atom. The van der Waals surface area contributed by atoms with Crippen LogP contribution in [0.3, 0.4) is 0 Å². The lowest BCUT2D eigenvalue weighted by molar-refractivity contribution is 0.130. The van der Waals surface area contributed by atoms with Crippen molar-refractivity contribution < 1.29 is 10.2 Å². The smallest absolute Gasteiger partial charge is 0.0570 e. The maximum absolute atomic E-state index is 9.45. The maximum Gasteiger partial charge on any atom is 0.0570 e. The minimum Gasteiger partial charge on any atom is -0.396 e. The van der Waals surface area contributed by atoms with E-state index in [9.17, 15) is 5.11 Å². The molecule has 0 aliphatic rings. The standard InChI is InChI=1S/C17H36O2S/c1-2-3-4-5-6-7-8-9-10-11-15-20-16-13-17(19)12-14-18/h17-19H,2-16H2,1H3. The van der Waals surface area contributed by atoms with Crippen LogP contribution < -0.4 is 0 Å². The van der Waals surface area contributed by atoms with Gasteiger partial charge in [-0.25, -0.2) is 0 Å². The predicted octanol–water partition coefficient (Wildman–Crippen LogP) is 4.77. The molecule has 20 heavy (non-hydrogen) atoms. The van der Waals surface area contributed by atoms with Crippen LogP contribution in [0.5, 0.6) is 0 Å². The summed E-state index contributed by atoms with van der Waals surface area (Å²) < 4.78 is 0. The van der Waals surface area contributed by atoms with Gasteiger partial charge in [-0.2, -0.15) is 11.8 Å². The van der Waals surface area contributed by atoms with Crippen molar-refractivity contribution in [2.75, 3.05) is 18.1 Å². The summed E-state index contributed by atoms with van der Waals surface area (Å²) in [5.41, 5.74) is 0. The highest BCUT2D eigenvalue weighted by atomic mass is 32.2. The summed E-state index contributed by atoms with van der Waals surface area (Å²) in [6.45, 7) is 2.37. The normalized spacial score (nSPS) is 12.8. The highest BCUT2D eigenvalue weighted by molar-refractivity contribution is 7.99. The average Bonchev–Trinajstić information content (AvgIpc) is 2.44. The number of aliphatic hydroxyl groups is 2. The topological polar surface area (TPSA) is 40.5 Å². The highest BCUT2D eigenvalue weighted by Gasteiger charge is 2.02. The third kappa shape index (κ3) is 16.3. The zero-order valence-electron chi connectivity index (χ0n) is 13.5. The van der Waals surface area contributed by atoms with Crippen LogP contribution in [0.2, 0.25) is 0 Å². The van der Waals surface area contributed by atoms with Gasteiger partial charge in [0, 0.05) is 6.61 Å². The molecule has 2 N–H and O–H groups in total. The second-order valence-electron chi connectivity index (χ2n) is 5.75. The van der Waals surface area contributed by atoms with Gasteiger partial charge in [-0.15, -0.1) is 0 Å². The molecule has 2 nitrogen and oxygen atoms in total. The molecule has 3 heteroatoms. The van der Waals surface area contributed by atoms with Crippen molar-refractivity contribution >= 4 is 11.8 Å². The minimum absolute atomic E-state index is 0.101. The van der Waals surface area contributed by atoms with Crippen molar-refractivity contribution in [3.8, 4) is 0 Å². The summed E-state index contributed by atoms with van der Waals surface area (Å²) in [6, 6.07) is 0. The molecule has 0 rings (SSSR count). The van der Waals surface area contributed by atoms with Gasteiger partial charge in [-0.05, 0) is 30.8 Å². The van der Waals surface area contributed by atoms with E-state index in [0.29, 0.717) is 6.42 Å². The molecule has 122 valence electrons. The first kappa shape index (κ1) is 20.3. The summed E-state index contributed by atoms with van der Waals surface area (Å²) in [4.78, 5) is 0. The van der Waals surface area contributed by atoms with Gasteiger partial charge in [0.05, 0.1) is 6.10 Å². The monoisotopic (exact) mass is 304 g/mol. The van der Waals surface area contributed by atoms with Crippen molar-refractivity contribution in [3.63, 3.8) is 0 Å². The Morgan fingerprint density at radius 2 is 1.30 bits per heavy atom. The van der Waals surface area contributed by atoms with Crippen LogP contribution in [-0.2, 0) is 0 Å². The first-order valence-corrected chi connectivity index (χ1v) is 9.83. The van der Waals surface area contributed by atoms with E-state index in [1.54, 1.807) is 0 Å². The van der Waals surface area contributed by atoms with E-state index >= 15 is 0 Å². The van der Waals surface area contributed by atoms with Gasteiger partial charge in [0.1, 0.15) is 0 Å². The van der Waals surface area contributed by atoms with Crippen LogP contribution in [0.15, 0.2) is 0 Å². The summed E-state index contributed by atoms with van der Waals surface area (Å²) in [5.74, 6) is 2.25. The van der Waals surface area contributed by atoms with Crippen LogP contribution >= 0.6 is 11.8 Å². The van der Waals surface area contributed by atoms with Crippen LogP contribution in [0, 0.1) is 0 Å². The Morgan fingerprint density at radius 3 is 1.85 bits per heavy atom. The van der Waals surface area contributed by atoms with Crippen molar-refractivity contribution in [2.24, 2.45) is 0 Å². The zero-order valence-corrected chi connectivity index (χ0v) is 14.3. The van der Waals surface area contributed by atoms with Crippen molar-refractivity contribution in [2.45, 2.75) is 90.1 Å². The Bertz CT molecular complexity index is 176. The first-order chi connectivity index (χ1) is 9.81. The number of rotatable bonds is 16. The quantitative estimate of drug-likeness (QED) is 0.403. The average molecular weight is 305 g/mol. The molecular formula is C17H36O2S. The molecule has 0 fully saturated rings.